The lowest BCUT2D eigenvalue weighted by Crippen LogP contribution is -2.57. The van der Waals surface area contributed by atoms with Crippen molar-refractivity contribution >= 4 is 38.4 Å². The Balaban J connectivity index is 2.37. The fourth-order valence-electron chi connectivity index (χ4n) is 2.68. The summed E-state index contributed by atoms with van der Waals surface area (Å²) in [4.78, 5) is 0. The molecule has 0 amide bonds. The Morgan fingerprint density at radius 1 is 0.696 bits per heavy atom. The summed E-state index contributed by atoms with van der Waals surface area (Å²) in [5.41, 5.74) is 12.2. The van der Waals surface area contributed by atoms with Crippen LogP contribution in [0.2, 0.25) is 26.2 Å². The summed E-state index contributed by atoms with van der Waals surface area (Å²) in [5.74, 6) is -0.753. The van der Waals surface area contributed by atoms with Gasteiger partial charge in [-0.2, -0.15) is 0 Å². The minimum absolute atomic E-state index is 0.374. The van der Waals surface area contributed by atoms with Crippen LogP contribution in [0.4, 0.5) is 20.2 Å². The van der Waals surface area contributed by atoms with Crippen molar-refractivity contribution in [3.63, 3.8) is 0 Å². The largest absolute Gasteiger partial charge is 0.449 e. The first-order chi connectivity index (χ1) is 10.5. The van der Waals surface area contributed by atoms with E-state index in [0.29, 0.717) is 11.4 Å². The van der Waals surface area contributed by atoms with Crippen LogP contribution in [0.25, 0.3) is 0 Å². The van der Waals surface area contributed by atoms with E-state index in [1.165, 1.54) is 24.3 Å². The van der Waals surface area contributed by atoms with Gasteiger partial charge >= 0.3 is 0 Å². The number of anilines is 2. The predicted octanol–water partition coefficient (Wildman–Crippen LogP) is 2.67. The van der Waals surface area contributed by atoms with Crippen LogP contribution in [-0.2, 0) is 4.12 Å². The Bertz CT molecular complexity index is 634. The van der Waals surface area contributed by atoms with Crippen molar-refractivity contribution in [3.05, 3.63) is 48.0 Å². The van der Waals surface area contributed by atoms with Crippen LogP contribution in [0.3, 0.4) is 0 Å². The Morgan fingerprint density at radius 3 is 1.35 bits per heavy atom. The molecule has 0 spiro atoms. The van der Waals surface area contributed by atoms with Gasteiger partial charge in [0, 0.05) is 11.4 Å². The van der Waals surface area contributed by atoms with Crippen LogP contribution >= 0.6 is 0 Å². The molecule has 2 aromatic carbocycles. The second-order valence-corrected chi connectivity index (χ2v) is 14.7. The van der Waals surface area contributed by atoms with Gasteiger partial charge in [-0.3, -0.25) is 0 Å². The predicted molar refractivity (Wildman–Crippen MR) is 96.9 cm³/mol. The van der Waals surface area contributed by atoms with Crippen LogP contribution in [0.15, 0.2) is 36.4 Å². The van der Waals surface area contributed by atoms with E-state index in [1.807, 2.05) is 26.2 Å². The van der Waals surface area contributed by atoms with Crippen molar-refractivity contribution in [1.82, 2.24) is 0 Å². The highest BCUT2D eigenvalue weighted by molar-refractivity contribution is 6.96. The highest BCUT2D eigenvalue weighted by Crippen LogP contribution is 2.18. The van der Waals surface area contributed by atoms with Crippen LogP contribution in [0.1, 0.15) is 0 Å². The highest BCUT2D eigenvalue weighted by atomic mass is 28.4. The quantitative estimate of drug-likeness (QED) is 0.657. The normalized spacial score (nSPS) is 12.4. The van der Waals surface area contributed by atoms with Crippen LogP contribution in [0, 0.1) is 11.6 Å². The SMILES string of the molecule is C[Si](C)(O[Si](C)(C)c1cc(N)cc(F)c1)c1cc(N)cc(F)c1. The van der Waals surface area contributed by atoms with Crippen LogP contribution in [-0.4, -0.2) is 16.6 Å². The number of benzene rings is 2. The lowest BCUT2D eigenvalue weighted by atomic mass is 10.3. The molecule has 0 fully saturated rings. The summed E-state index contributed by atoms with van der Waals surface area (Å²) < 4.78 is 33.8. The van der Waals surface area contributed by atoms with Gasteiger partial charge in [-0.1, -0.05) is 0 Å². The first-order valence-corrected chi connectivity index (χ1v) is 13.1. The number of rotatable bonds is 4. The second-order valence-electron chi connectivity index (χ2n) is 6.67. The smallest absolute Gasteiger partial charge is 0.206 e. The maximum absolute atomic E-state index is 13.7. The van der Waals surface area contributed by atoms with E-state index in [-0.39, 0.29) is 11.6 Å². The van der Waals surface area contributed by atoms with E-state index in [1.54, 1.807) is 12.1 Å². The highest BCUT2D eigenvalue weighted by Gasteiger charge is 2.36. The van der Waals surface area contributed by atoms with Gasteiger partial charge < -0.3 is 15.6 Å². The molecule has 0 atom stereocenters. The van der Waals surface area contributed by atoms with Gasteiger partial charge in [-0.25, -0.2) is 8.78 Å². The van der Waals surface area contributed by atoms with Crippen LogP contribution < -0.4 is 21.8 Å². The Morgan fingerprint density at radius 2 is 1.04 bits per heavy atom. The maximum Gasteiger partial charge on any atom is 0.206 e. The summed E-state index contributed by atoms with van der Waals surface area (Å²) in [7, 11) is -4.83. The Kier molecular flexibility index (Phi) is 4.65. The zero-order valence-corrected chi connectivity index (χ0v) is 15.8. The number of halogens is 2. The number of nitrogens with two attached hydrogens (primary N) is 2. The molecular formula is C16H22F2N2OSi2. The molecule has 23 heavy (non-hydrogen) atoms. The molecule has 0 aliphatic carbocycles. The first kappa shape index (κ1) is 17.6. The molecule has 0 aliphatic rings. The fourth-order valence-corrected chi connectivity index (χ4v) is 10.7. The third kappa shape index (κ3) is 4.18. The number of nitrogen functional groups attached to an aromatic ring is 2. The summed E-state index contributed by atoms with van der Waals surface area (Å²) in [6.45, 7) is 7.94. The van der Waals surface area contributed by atoms with Crippen molar-refractivity contribution in [1.29, 1.82) is 0 Å². The lowest BCUT2D eigenvalue weighted by molar-refractivity contribution is 0.570. The second kappa shape index (κ2) is 6.06. The molecule has 0 heterocycles. The van der Waals surface area contributed by atoms with Gasteiger partial charge in [-0.05, 0) is 73.0 Å². The van der Waals surface area contributed by atoms with Crippen molar-refractivity contribution in [2.45, 2.75) is 26.2 Å². The van der Waals surface area contributed by atoms with E-state index in [4.69, 9.17) is 15.6 Å². The zero-order chi connectivity index (χ0) is 17.4. The molecule has 0 saturated carbocycles. The Hall–Kier alpha value is -1.71. The monoisotopic (exact) mass is 352 g/mol. The molecule has 2 aromatic rings. The molecule has 0 aromatic heterocycles. The molecule has 4 N–H and O–H groups in total. The molecule has 0 radical (unpaired) electrons. The summed E-state index contributed by atoms with van der Waals surface area (Å²) >= 11 is 0. The van der Waals surface area contributed by atoms with Gasteiger partial charge in [0.1, 0.15) is 11.6 Å². The molecule has 7 heteroatoms. The average molecular weight is 353 g/mol. The van der Waals surface area contributed by atoms with Gasteiger partial charge in [-0.15, -0.1) is 0 Å². The minimum Gasteiger partial charge on any atom is -0.449 e. The number of hydrogen-bond acceptors (Lipinski definition) is 3. The third-order valence-corrected chi connectivity index (χ3v) is 11.2. The Labute approximate surface area is 137 Å². The maximum atomic E-state index is 13.7. The van der Waals surface area contributed by atoms with Crippen molar-refractivity contribution in [2.24, 2.45) is 0 Å². The van der Waals surface area contributed by atoms with E-state index in [2.05, 4.69) is 0 Å². The van der Waals surface area contributed by atoms with E-state index >= 15 is 0 Å². The molecule has 124 valence electrons. The van der Waals surface area contributed by atoms with E-state index < -0.39 is 16.6 Å². The molecular weight excluding hydrogens is 330 g/mol. The van der Waals surface area contributed by atoms with E-state index in [9.17, 15) is 8.78 Å². The fraction of sp³-hybridized carbons (Fsp3) is 0.250. The standard InChI is InChI=1S/C16H22F2N2OSi2/c1-22(2,15-7-11(17)5-13(19)9-15)21-23(3,4)16-8-12(18)6-14(20)10-16/h5-10H,19-20H2,1-4H3. The zero-order valence-electron chi connectivity index (χ0n) is 13.8. The molecule has 0 saturated heterocycles. The molecule has 0 bridgehead atoms. The van der Waals surface area contributed by atoms with Crippen molar-refractivity contribution < 1.29 is 12.9 Å². The summed E-state index contributed by atoms with van der Waals surface area (Å²) in [6, 6.07) is 8.99. The lowest BCUT2D eigenvalue weighted by Gasteiger charge is -2.34. The van der Waals surface area contributed by atoms with Gasteiger partial charge in [0.2, 0.25) is 16.6 Å². The topological polar surface area (TPSA) is 61.3 Å². The minimum atomic E-state index is -2.42. The van der Waals surface area contributed by atoms with E-state index in [0.717, 1.165) is 10.4 Å². The van der Waals surface area contributed by atoms with Crippen molar-refractivity contribution in [2.75, 3.05) is 11.5 Å². The molecule has 0 aliphatic heterocycles. The summed E-state index contributed by atoms with van der Waals surface area (Å²) in [5, 5.41) is 1.56. The first-order valence-electron chi connectivity index (χ1n) is 7.33. The average Bonchev–Trinajstić information content (AvgIpc) is 2.35. The van der Waals surface area contributed by atoms with Gasteiger partial charge in [0.25, 0.3) is 0 Å². The van der Waals surface area contributed by atoms with Gasteiger partial charge in [0.05, 0.1) is 0 Å². The molecule has 0 unspecified atom stereocenters. The third-order valence-electron chi connectivity index (χ3n) is 3.74. The van der Waals surface area contributed by atoms with Crippen LogP contribution in [0.5, 0.6) is 0 Å². The summed E-state index contributed by atoms with van der Waals surface area (Å²) in [6.07, 6.45) is 0. The molecule has 3 nitrogen and oxygen atoms in total. The van der Waals surface area contributed by atoms with Crippen molar-refractivity contribution in [3.8, 4) is 0 Å². The van der Waals surface area contributed by atoms with Gasteiger partial charge in [0.15, 0.2) is 0 Å². The number of hydrogen-bond donors (Lipinski definition) is 2. The molecule has 2 rings (SSSR count).